The zero-order valence-electron chi connectivity index (χ0n) is 20.7. The first kappa shape index (κ1) is 24.3. The molecule has 2 aromatic carbocycles. The lowest BCUT2D eigenvalue weighted by atomic mass is 10.0. The summed E-state index contributed by atoms with van der Waals surface area (Å²) in [6.07, 6.45) is 2.66. The van der Waals surface area contributed by atoms with Crippen molar-refractivity contribution in [3.63, 3.8) is 0 Å². The van der Waals surface area contributed by atoms with Crippen LogP contribution in [0.5, 0.6) is 0 Å². The number of esters is 1. The molecule has 1 aliphatic heterocycles. The molecule has 0 N–H and O–H groups in total. The standard InChI is InChI=1S/C28H36N2O4/c1-28(2,3)34-27(32)30(25-18-24(25)21-8-6-5-7-9-21)23-14-16-29(17-15-23)19-20-10-12-22(13-11-20)26(31)33-4/h5-13,23-25H,14-19H2,1-4H3/t24-,25+/m0/s1. The van der Waals surface area contributed by atoms with Gasteiger partial charge in [0.2, 0.25) is 0 Å². The van der Waals surface area contributed by atoms with Crippen LogP contribution in [0.2, 0.25) is 0 Å². The second-order valence-electron chi connectivity index (χ2n) is 10.4. The number of rotatable bonds is 6. The third-order valence-corrected chi connectivity index (χ3v) is 6.68. The van der Waals surface area contributed by atoms with E-state index < -0.39 is 5.60 Å². The molecule has 0 unspecified atom stereocenters. The van der Waals surface area contributed by atoms with Gasteiger partial charge in [0.05, 0.1) is 12.7 Å². The van der Waals surface area contributed by atoms with E-state index in [-0.39, 0.29) is 24.1 Å². The Morgan fingerprint density at radius 2 is 1.65 bits per heavy atom. The highest BCUT2D eigenvalue weighted by molar-refractivity contribution is 5.89. The second kappa shape index (κ2) is 10.2. The molecule has 1 saturated carbocycles. The van der Waals surface area contributed by atoms with Crippen molar-refractivity contribution in [2.75, 3.05) is 20.2 Å². The van der Waals surface area contributed by atoms with Crippen molar-refractivity contribution >= 4 is 12.1 Å². The molecule has 0 bridgehead atoms. The van der Waals surface area contributed by atoms with Gasteiger partial charge < -0.3 is 14.4 Å². The van der Waals surface area contributed by atoms with Crippen molar-refractivity contribution in [2.45, 2.75) is 70.2 Å². The van der Waals surface area contributed by atoms with Crippen molar-refractivity contribution in [1.82, 2.24) is 9.80 Å². The van der Waals surface area contributed by atoms with Crippen LogP contribution in [0.25, 0.3) is 0 Å². The van der Waals surface area contributed by atoms with Gasteiger partial charge in [0.1, 0.15) is 5.60 Å². The molecule has 6 heteroatoms. The molecule has 2 fully saturated rings. The van der Waals surface area contributed by atoms with E-state index in [9.17, 15) is 9.59 Å². The smallest absolute Gasteiger partial charge is 0.410 e. The molecule has 1 heterocycles. The van der Waals surface area contributed by atoms with E-state index in [4.69, 9.17) is 9.47 Å². The monoisotopic (exact) mass is 464 g/mol. The number of amides is 1. The van der Waals surface area contributed by atoms with Gasteiger partial charge in [0.25, 0.3) is 0 Å². The Balaban J connectivity index is 1.38. The van der Waals surface area contributed by atoms with Gasteiger partial charge in [-0.25, -0.2) is 9.59 Å². The molecular weight excluding hydrogens is 428 g/mol. The van der Waals surface area contributed by atoms with E-state index in [1.165, 1.54) is 18.2 Å². The van der Waals surface area contributed by atoms with Crippen molar-refractivity contribution in [3.8, 4) is 0 Å². The van der Waals surface area contributed by atoms with Gasteiger partial charge in [-0.2, -0.15) is 0 Å². The molecule has 0 radical (unpaired) electrons. The van der Waals surface area contributed by atoms with Crippen LogP contribution in [0.15, 0.2) is 54.6 Å². The summed E-state index contributed by atoms with van der Waals surface area (Å²) < 4.78 is 10.6. The first-order valence-corrected chi connectivity index (χ1v) is 12.2. The SMILES string of the molecule is COC(=O)c1ccc(CN2CCC(N(C(=O)OC(C)(C)C)[C@@H]3C[C@H]3c3ccccc3)CC2)cc1. The third kappa shape index (κ3) is 5.98. The van der Waals surface area contributed by atoms with Gasteiger partial charge in [-0.15, -0.1) is 0 Å². The lowest BCUT2D eigenvalue weighted by Crippen LogP contribution is -2.50. The summed E-state index contributed by atoms with van der Waals surface area (Å²) in [4.78, 5) is 29.4. The Labute approximate surface area is 202 Å². The molecule has 2 atom stereocenters. The number of methoxy groups -OCH3 is 1. The molecule has 1 aliphatic carbocycles. The van der Waals surface area contributed by atoms with E-state index in [2.05, 4.69) is 29.2 Å². The fourth-order valence-electron chi connectivity index (χ4n) is 4.90. The lowest BCUT2D eigenvalue weighted by Gasteiger charge is -2.39. The predicted octanol–water partition coefficient (Wildman–Crippen LogP) is 5.23. The zero-order chi connectivity index (χ0) is 24.3. The van der Waals surface area contributed by atoms with E-state index in [1.54, 1.807) is 0 Å². The van der Waals surface area contributed by atoms with Crippen molar-refractivity contribution in [2.24, 2.45) is 0 Å². The number of piperidine rings is 1. The van der Waals surface area contributed by atoms with Crippen molar-refractivity contribution in [3.05, 3.63) is 71.3 Å². The first-order valence-electron chi connectivity index (χ1n) is 12.2. The Kier molecular flexibility index (Phi) is 7.27. The van der Waals surface area contributed by atoms with Crippen LogP contribution >= 0.6 is 0 Å². The minimum atomic E-state index is -0.510. The summed E-state index contributed by atoms with van der Waals surface area (Å²) in [5, 5.41) is 0. The summed E-state index contributed by atoms with van der Waals surface area (Å²) in [6, 6.07) is 18.5. The minimum Gasteiger partial charge on any atom is -0.465 e. The summed E-state index contributed by atoms with van der Waals surface area (Å²) in [6.45, 7) is 8.46. The van der Waals surface area contributed by atoms with Crippen LogP contribution in [0, 0.1) is 0 Å². The molecular formula is C28H36N2O4. The Bertz CT molecular complexity index is 976. The molecule has 4 rings (SSSR count). The normalized spacial score (nSPS) is 21.1. The van der Waals surface area contributed by atoms with Gasteiger partial charge in [-0.1, -0.05) is 42.5 Å². The number of benzene rings is 2. The second-order valence-corrected chi connectivity index (χ2v) is 10.4. The first-order chi connectivity index (χ1) is 16.2. The number of nitrogens with zero attached hydrogens (tertiary/aromatic N) is 2. The van der Waals surface area contributed by atoms with Crippen LogP contribution in [-0.4, -0.2) is 59.7 Å². The van der Waals surface area contributed by atoms with Crippen molar-refractivity contribution in [1.29, 1.82) is 0 Å². The molecule has 0 spiro atoms. The Hall–Kier alpha value is -2.86. The molecule has 2 aromatic rings. The van der Waals surface area contributed by atoms with E-state index in [0.717, 1.165) is 38.9 Å². The van der Waals surface area contributed by atoms with Gasteiger partial charge in [-0.3, -0.25) is 4.90 Å². The highest BCUT2D eigenvalue weighted by Crippen LogP contribution is 2.46. The topological polar surface area (TPSA) is 59.1 Å². The van der Waals surface area contributed by atoms with E-state index in [1.807, 2.05) is 56.0 Å². The van der Waals surface area contributed by atoms with Gasteiger partial charge in [-0.05, 0) is 63.3 Å². The number of ether oxygens (including phenoxy) is 2. The molecule has 1 amide bonds. The maximum Gasteiger partial charge on any atom is 0.410 e. The lowest BCUT2D eigenvalue weighted by molar-refractivity contribution is 0.00486. The maximum absolute atomic E-state index is 13.3. The quantitative estimate of drug-likeness (QED) is 0.548. The fourth-order valence-corrected chi connectivity index (χ4v) is 4.90. The zero-order valence-corrected chi connectivity index (χ0v) is 20.7. The summed E-state index contributed by atoms with van der Waals surface area (Å²) >= 11 is 0. The summed E-state index contributed by atoms with van der Waals surface area (Å²) in [5.41, 5.74) is 2.52. The maximum atomic E-state index is 13.3. The number of carbonyl (C=O) groups is 2. The van der Waals surface area contributed by atoms with Crippen LogP contribution in [0.4, 0.5) is 4.79 Å². The van der Waals surface area contributed by atoms with Gasteiger partial charge in [0.15, 0.2) is 0 Å². The Morgan fingerprint density at radius 3 is 2.24 bits per heavy atom. The number of likely N-dealkylation sites (tertiary alicyclic amines) is 1. The van der Waals surface area contributed by atoms with Crippen LogP contribution in [0.1, 0.15) is 67.4 Å². The Morgan fingerprint density at radius 1 is 1.00 bits per heavy atom. The minimum absolute atomic E-state index is 0.187. The third-order valence-electron chi connectivity index (χ3n) is 6.68. The molecule has 6 nitrogen and oxygen atoms in total. The van der Waals surface area contributed by atoms with Crippen LogP contribution < -0.4 is 0 Å². The van der Waals surface area contributed by atoms with Crippen molar-refractivity contribution < 1.29 is 19.1 Å². The molecule has 0 aromatic heterocycles. The average Bonchev–Trinajstić information content (AvgIpc) is 3.60. The molecule has 182 valence electrons. The average molecular weight is 465 g/mol. The fraction of sp³-hybridized carbons (Fsp3) is 0.500. The summed E-state index contributed by atoms with van der Waals surface area (Å²) in [7, 11) is 1.39. The van der Waals surface area contributed by atoms with E-state index in [0.29, 0.717) is 11.5 Å². The highest BCUT2D eigenvalue weighted by Gasteiger charge is 2.48. The largest absolute Gasteiger partial charge is 0.465 e. The van der Waals surface area contributed by atoms with Gasteiger partial charge in [0, 0.05) is 37.6 Å². The van der Waals surface area contributed by atoms with Crippen LogP contribution in [-0.2, 0) is 16.0 Å². The predicted molar refractivity (Wildman–Crippen MR) is 132 cm³/mol. The number of hydrogen-bond donors (Lipinski definition) is 0. The van der Waals surface area contributed by atoms with Crippen LogP contribution in [0.3, 0.4) is 0 Å². The summed E-state index contributed by atoms with van der Waals surface area (Å²) in [5.74, 6) is 0.0727. The number of hydrogen-bond acceptors (Lipinski definition) is 5. The molecule has 2 aliphatic rings. The molecule has 1 saturated heterocycles. The van der Waals surface area contributed by atoms with Gasteiger partial charge >= 0.3 is 12.1 Å². The van der Waals surface area contributed by atoms with E-state index >= 15 is 0 Å². The molecule has 34 heavy (non-hydrogen) atoms. The highest BCUT2D eigenvalue weighted by atomic mass is 16.6. The number of carbonyl (C=O) groups excluding carboxylic acids is 2.